The van der Waals surface area contributed by atoms with Gasteiger partial charge in [0.05, 0.1) is 30.8 Å². The minimum absolute atomic E-state index is 0.174. The second-order valence-corrected chi connectivity index (χ2v) is 9.04. The highest BCUT2D eigenvalue weighted by Crippen LogP contribution is 2.32. The van der Waals surface area contributed by atoms with E-state index in [-0.39, 0.29) is 22.4 Å². The number of ether oxygens (including phenoxy) is 2. The molecule has 7 nitrogen and oxygen atoms in total. The molecule has 1 unspecified atom stereocenters. The predicted molar refractivity (Wildman–Crippen MR) is 123 cm³/mol. The Morgan fingerprint density at radius 2 is 1.61 bits per heavy atom. The van der Waals surface area contributed by atoms with E-state index in [2.05, 4.69) is 5.32 Å². The van der Waals surface area contributed by atoms with E-state index >= 15 is 0 Å². The summed E-state index contributed by atoms with van der Waals surface area (Å²) in [6, 6.07) is 18.3. The zero-order valence-corrected chi connectivity index (χ0v) is 19.3. The predicted octanol–water partition coefficient (Wildman–Crippen LogP) is 3.92. The number of carbonyl (C=O) groups excluding carboxylic acids is 1. The Morgan fingerprint density at radius 1 is 0.970 bits per heavy atom. The van der Waals surface area contributed by atoms with Crippen LogP contribution in [0.5, 0.6) is 11.5 Å². The molecule has 1 amide bonds. The maximum absolute atomic E-state index is 14.6. The molecule has 0 aliphatic rings. The molecule has 0 saturated heterocycles. The minimum Gasteiger partial charge on any atom is -0.493 e. The van der Waals surface area contributed by atoms with Crippen LogP contribution in [0.25, 0.3) is 0 Å². The Morgan fingerprint density at radius 3 is 2.24 bits per heavy atom. The van der Waals surface area contributed by atoms with Crippen molar-refractivity contribution in [2.75, 3.05) is 25.1 Å². The molecule has 0 spiro atoms. The first kappa shape index (κ1) is 24.1. The number of benzene rings is 3. The number of nitrogens with zero attached hydrogens (tertiary/aromatic N) is 1. The first-order chi connectivity index (χ1) is 15.8. The summed E-state index contributed by atoms with van der Waals surface area (Å²) in [6.07, 6.45) is 0. The highest BCUT2D eigenvalue weighted by atomic mass is 32.2. The average molecular weight is 473 g/mol. The molecule has 0 aliphatic heterocycles. The maximum Gasteiger partial charge on any atom is 0.265 e. The molecule has 3 aromatic carbocycles. The van der Waals surface area contributed by atoms with Gasteiger partial charge in [0.25, 0.3) is 10.0 Å². The quantitative estimate of drug-likeness (QED) is 0.510. The standard InChI is InChI=1S/C24H25FN2O5S/c1-17(18-9-5-4-6-10-18)26-24(28)16-27(21-12-8-7-11-20(21)25)33(29,30)19-13-14-22(31-2)23(15-19)32-3/h4-15,17H,16H2,1-3H3,(H,26,28). The number of hydrogen-bond donors (Lipinski definition) is 1. The van der Waals surface area contributed by atoms with Crippen molar-refractivity contribution in [1.29, 1.82) is 0 Å². The summed E-state index contributed by atoms with van der Waals surface area (Å²) in [7, 11) is -1.53. The van der Waals surface area contributed by atoms with Gasteiger partial charge in [-0.05, 0) is 36.8 Å². The van der Waals surface area contributed by atoms with E-state index in [9.17, 15) is 17.6 Å². The van der Waals surface area contributed by atoms with Gasteiger partial charge in [-0.25, -0.2) is 12.8 Å². The van der Waals surface area contributed by atoms with Crippen molar-refractivity contribution >= 4 is 21.6 Å². The zero-order valence-electron chi connectivity index (χ0n) is 18.5. The van der Waals surface area contributed by atoms with Crippen molar-refractivity contribution in [1.82, 2.24) is 5.32 Å². The zero-order chi connectivity index (χ0) is 24.0. The molecule has 1 atom stereocenters. The van der Waals surface area contributed by atoms with E-state index in [1.807, 2.05) is 30.3 Å². The molecule has 0 bridgehead atoms. The molecular formula is C24H25FN2O5S. The number of carbonyl (C=O) groups is 1. The number of halogens is 1. The van der Waals surface area contributed by atoms with Gasteiger partial charge < -0.3 is 14.8 Å². The lowest BCUT2D eigenvalue weighted by atomic mass is 10.1. The molecular weight excluding hydrogens is 447 g/mol. The first-order valence-electron chi connectivity index (χ1n) is 10.1. The van der Waals surface area contributed by atoms with Crippen LogP contribution < -0.4 is 19.1 Å². The van der Waals surface area contributed by atoms with Crippen molar-refractivity contribution in [3.8, 4) is 11.5 Å². The van der Waals surface area contributed by atoms with Crippen molar-refractivity contribution in [3.05, 3.63) is 84.2 Å². The Kier molecular flexibility index (Phi) is 7.55. The van der Waals surface area contributed by atoms with Gasteiger partial charge in [-0.15, -0.1) is 0 Å². The number of rotatable bonds is 9. The number of nitrogens with one attached hydrogen (secondary N) is 1. The molecule has 174 valence electrons. The second kappa shape index (κ2) is 10.4. The number of methoxy groups -OCH3 is 2. The fourth-order valence-electron chi connectivity index (χ4n) is 3.30. The van der Waals surface area contributed by atoms with Gasteiger partial charge in [0, 0.05) is 6.07 Å². The highest BCUT2D eigenvalue weighted by Gasteiger charge is 2.30. The highest BCUT2D eigenvalue weighted by molar-refractivity contribution is 7.92. The summed E-state index contributed by atoms with van der Waals surface area (Å²) in [5.74, 6) is -0.832. The van der Waals surface area contributed by atoms with Gasteiger partial charge in [0.1, 0.15) is 12.4 Å². The summed E-state index contributed by atoms with van der Waals surface area (Å²) in [5.41, 5.74) is 0.612. The number of sulfonamides is 1. The Balaban J connectivity index is 1.97. The van der Waals surface area contributed by atoms with Gasteiger partial charge in [0.15, 0.2) is 11.5 Å². The van der Waals surface area contributed by atoms with Crippen LogP contribution in [0.3, 0.4) is 0 Å². The Labute approximate surface area is 192 Å². The number of para-hydroxylation sites is 1. The van der Waals surface area contributed by atoms with Crippen LogP contribution in [0.15, 0.2) is 77.7 Å². The monoisotopic (exact) mass is 472 g/mol. The van der Waals surface area contributed by atoms with E-state index in [0.29, 0.717) is 5.75 Å². The number of anilines is 1. The van der Waals surface area contributed by atoms with Crippen LogP contribution in [0.1, 0.15) is 18.5 Å². The second-order valence-electron chi connectivity index (χ2n) is 7.18. The van der Waals surface area contributed by atoms with Crippen LogP contribution >= 0.6 is 0 Å². The fraction of sp³-hybridized carbons (Fsp3) is 0.208. The van der Waals surface area contributed by atoms with Crippen molar-refractivity contribution < 1.29 is 27.1 Å². The SMILES string of the molecule is COc1ccc(S(=O)(=O)N(CC(=O)NC(C)c2ccccc2)c2ccccc2F)cc1OC. The van der Waals surface area contributed by atoms with Gasteiger partial charge in [-0.2, -0.15) is 0 Å². The molecule has 9 heteroatoms. The topological polar surface area (TPSA) is 84.9 Å². The maximum atomic E-state index is 14.6. The minimum atomic E-state index is -4.33. The van der Waals surface area contributed by atoms with Gasteiger partial charge in [-0.1, -0.05) is 42.5 Å². The molecule has 0 aliphatic carbocycles. The summed E-state index contributed by atoms with van der Waals surface area (Å²) < 4.78 is 52.8. The van der Waals surface area contributed by atoms with Crippen molar-refractivity contribution in [2.24, 2.45) is 0 Å². The summed E-state index contributed by atoms with van der Waals surface area (Å²) >= 11 is 0. The van der Waals surface area contributed by atoms with E-state index < -0.39 is 28.3 Å². The normalized spacial score (nSPS) is 12.0. The Bertz CT molecular complexity index is 1220. The van der Waals surface area contributed by atoms with Gasteiger partial charge in [-0.3, -0.25) is 9.10 Å². The lowest BCUT2D eigenvalue weighted by Crippen LogP contribution is -2.42. The van der Waals surface area contributed by atoms with Gasteiger partial charge >= 0.3 is 0 Å². The molecule has 3 rings (SSSR count). The van der Waals surface area contributed by atoms with Crippen molar-refractivity contribution in [3.63, 3.8) is 0 Å². The summed E-state index contributed by atoms with van der Waals surface area (Å²) in [5, 5.41) is 2.77. The molecule has 1 N–H and O–H groups in total. The van der Waals surface area contributed by atoms with E-state index in [0.717, 1.165) is 15.9 Å². The largest absolute Gasteiger partial charge is 0.493 e. The van der Waals surface area contributed by atoms with Crippen LogP contribution in [0.4, 0.5) is 10.1 Å². The first-order valence-corrected chi connectivity index (χ1v) is 11.6. The molecule has 0 aromatic heterocycles. The summed E-state index contributed by atoms with van der Waals surface area (Å²) in [6.45, 7) is 1.16. The Hall–Kier alpha value is -3.59. The third-order valence-corrected chi connectivity index (χ3v) is 6.78. The lowest BCUT2D eigenvalue weighted by Gasteiger charge is -2.25. The van der Waals surface area contributed by atoms with E-state index in [4.69, 9.17) is 9.47 Å². The fourth-order valence-corrected chi connectivity index (χ4v) is 4.75. The van der Waals surface area contributed by atoms with Crippen LogP contribution in [0.2, 0.25) is 0 Å². The molecule has 0 fully saturated rings. The third kappa shape index (κ3) is 5.43. The smallest absolute Gasteiger partial charge is 0.265 e. The molecule has 3 aromatic rings. The van der Waals surface area contributed by atoms with Crippen LogP contribution in [-0.4, -0.2) is 35.1 Å². The van der Waals surface area contributed by atoms with Crippen LogP contribution in [0, 0.1) is 5.82 Å². The number of hydrogen-bond acceptors (Lipinski definition) is 5. The molecule has 0 heterocycles. The summed E-state index contributed by atoms with van der Waals surface area (Å²) in [4.78, 5) is 12.7. The molecule has 0 saturated carbocycles. The van der Waals surface area contributed by atoms with E-state index in [1.165, 1.54) is 50.6 Å². The van der Waals surface area contributed by atoms with E-state index in [1.54, 1.807) is 6.92 Å². The average Bonchev–Trinajstić information content (AvgIpc) is 2.83. The number of amides is 1. The lowest BCUT2D eigenvalue weighted by molar-refractivity contribution is -0.120. The van der Waals surface area contributed by atoms with Gasteiger partial charge in [0.2, 0.25) is 5.91 Å². The third-order valence-electron chi connectivity index (χ3n) is 5.03. The van der Waals surface area contributed by atoms with Crippen molar-refractivity contribution in [2.45, 2.75) is 17.9 Å². The molecule has 0 radical (unpaired) electrons. The molecule has 33 heavy (non-hydrogen) atoms. The van der Waals surface area contributed by atoms with Crippen LogP contribution in [-0.2, 0) is 14.8 Å².